The SMILES string of the molecule is C[C@@H]1CC(CCC#N)C[C@H](C)N1Cc1ccccc1. The van der Waals surface area contributed by atoms with Gasteiger partial charge < -0.3 is 0 Å². The van der Waals surface area contributed by atoms with E-state index in [0.717, 1.165) is 18.9 Å². The van der Waals surface area contributed by atoms with Gasteiger partial charge in [0.05, 0.1) is 6.07 Å². The number of piperidine rings is 1. The summed E-state index contributed by atoms with van der Waals surface area (Å²) in [5.74, 6) is 0.733. The molecule has 1 aromatic rings. The van der Waals surface area contributed by atoms with Crippen molar-refractivity contribution in [2.24, 2.45) is 5.92 Å². The summed E-state index contributed by atoms with van der Waals surface area (Å²) in [6.45, 7) is 5.71. The van der Waals surface area contributed by atoms with Crippen LogP contribution in [0, 0.1) is 17.2 Å². The quantitative estimate of drug-likeness (QED) is 0.814. The summed E-state index contributed by atoms with van der Waals surface area (Å²) in [6.07, 6.45) is 4.25. The highest BCUT2D eigenvalue weighted by Crippen LogP contribution is 2.31. The summed E-state index contributed by atoms with van der Waals surface area (Å²) in [7, 11) is 0. The molecular weight excluding hydrogens is 232 g/mol. The second-order valence-electron chi connectivity index (χ2n) is 5.89. The molecule has 1 aliphatic rings. The Bertz CT molecular complexity index is 409. The lowest BCUT2D eigenvalue weighted by Crippen LogP contribution is -2.45. The van der Waals surface area contributed by atoms with Gasteiger partial charge in [0.25, 0.3) is 0 Å². The molecule has 0 radical (unpaired) electrons. The molecule has 0 aromatic heterocycles. The summed E-state index contributed by atoms with van der Waals surface area (Å²) >= 11 is 0. The van der Waals surface area contributed by atoms with Crippen LogP contribution < -0.4 is 0 Å². The highest BCUT2D eigenvalue weighted by molar-refractivity contribution is 5.15. The molecule has 0 amide bonds. The van der Waals surface area contributed by atoms with E-state index in [2.05, 4.69) is 55.1 Å². The molecule has 0 aliphatic carbocycles. The Morgan fingerprint density at radius 2 is 1.79 bits per heavy atom. The first kappa shape index (κ1) is 14.1. The third-order valence-corrected chi connectivity index (χ3v) is 4.35. The summed E-state index contributed by atoms with van der Waals surface area (Å²) in [5.41, 5.74) is 1.40. The van der Waals surface area contributed by atoms with Gasteiger partial charge in [0.15, 0.2) is 0 Å². The Kier molecular flexibility index (Phi) is 4.99. The molecular formula is C17H24N2. The highest BCUT2D eigenvalue weighted by atomic mass is 15.2. The van der Waals surface area contributed by atoms with Crippen LogP contribution in [0.1, 0.15) is 45.1 Å². The zero-order valence-electron chi connectivity index (χ0n) is 12.0. The standard InChI is InChI=1S/C17H24N2/c1-14-11-17(9-6-10-18)12-15(2)19(14)13-16-7-4-3-5-8-16/h3-5,7-8,14-15,17H,6,9,11-13H2,1-2H3/t14-,15+,17?. The maximum absolute atomic E-state index is 8.72. The van der Waals surface area contributed by atoms with Crippen molar-refractivity contribution >= 4 is 0 Å². The predicted octanol–water partition coefficient (Wildman–Crippen LogP) is 3.98. The van der Waals surface area contributed by atoms with Crippen molar-refractivity contribution in [2.75, 3.05) is 0 Å². The van der Waals surface area contributed by atoms with Crippen molar-refractivity contribution in [3.05, 3.63) is 35.9 Å². The van der Waals surface area contributed by atoms with Crippen molar-refractivity contribution in [2.45, 2.75) is 58.2 Å². The van der Waals surface area contributed by atoms with Gasteiger partial charge in [0.2, 0.25) is 0 Å². The molecule has 1 saturated heterocycles. The van der Waals surface area contributed by atoms with E-state index in [1.54, 1.807) is 0 Å². The molecule has 0 saturated carbocycles. The molecule has 0 N–H and O–H groups in total. The lowest BCUT2D eigenvalue weighted by atomic mass is 9.84. The fourth-order valence-electron chi connectivity index (χ4n) is 3.38. The zero-order valence-corrected chi connectivity index (χ0v) is 12.0. The summed E-state index contributed by atoms with van der Waals surface area (Å²) < 4.78 is 0. The normalized spacial score (nSPS) is 27.9. The Labute approximate surface area is 117 Å². The minimum atomic E-state index is 0.618. The van der Waals surface area contributed by atoms with Gasteiger partial charge in [-0.05, 0) is 44.6 Å². The van der Waals surface area contributed by atoms with Gasteiger partial charge in [-0.1, -0.05) is 30.3 Å². The Hall–Kier alpha value is -1.33. The van der Waals surface area contributed by atoms with E-state index in [1.807, 2.05) is 0 Å². The molecule has 2 nitrogen and oxygen atoms in total. The predicted molar refractivity (Wildman–Crippen MR) is 78.5 cm³/mol. The maximum Gasteiger partial charge on any atom is 0.0621 e. The van der Waals surface area contributed by atoms with E-state index in [-0.39, 0.29) is 0 Å². The molecule has 1 aliphatic heterocycles. The lowest BCUT2D eigenvalue weighted by molar-refractivity contribution is 0.0605. The van der Waals surface area contributed by atoms with Crippen molar-refractivity contribution in [3.8, 4) is 6.07 Å². The number of hydrogen-bond acceptors (Lipinski definition) is 2. The van der Waals surface area contributed by atoms with E-state index in [1.165, 1.54) is 18.4 Å². The summed E-state index contributed by atoms with van der Waals surface area (Å²) in [4.78, 5) is 2.61. The Morgan fingerprint density at radius 3 is 2.37 bits per heavy atom. The van der Waals surface area contributed by atoms with Crippen LogP contribution in [-0.4, -0.2) is 17.0 Å². The van der Waals surface area contributed by atoms with Crippen LogP contribution >= 0.6 is 0 Å². The van der Waals surface area contributed by atoms with Crippen molar-refractivity contribution < 1.29 is 0 Å². The first-order chi connectivity index (χ1) is 9.20. The molecule has 1 unspecified atom stereocenters. The fourth-order valence-corrected chi connectivity index (χ4v) is 3.38. The minimum absolute atomic E-state index is 0.618. The molecule has 102 valence electrons. The topological polar surface area (TPSA) is 27.0 Å². The number of nitriles is 1. The van der Waals surface area contributed by atoms with Gasteiger partial charge in [-0.25, -0.2) is 0 Å². The van der Waals surface area contributed by atoms with E-state index < -0.39 is 0 Å². The van der Waals surface area contributed by atoms with Crippen LogP contribution in [0.5, 0.6) is 0 Å². The van der Waals surface area contributed by atoms with E-state index >= 15 is 0 Å². The van der Waals surface area contributed by atoms with Crippen molar-refractivity contribution in [3.63, 3.8) is 0 Å². The monoisotopic (exact) mass is 256 g/mol. The van der Waals surface area contributed by atoms with Crippen molar-refractivity contribution in [1.82, 2.24) is 4.90 Å². The van der Waals surface area contributed by atoms with Crippen LogP contribution in [0.15, 0.2) is 30.3 Å². The summed E-state index contributed by atoms with van der Waals surface area (Å²) in [6, 6.07) is 14.2. The summed E-state index contributed by atoms with van der Waals surface area (Å²) in [5, 5.41) is 8.72. The van der Waals surface area contributed by atoms with Crippen LogP contribution in [-0.2, 0) is 6.54 Å². The molecule has 0 spiro atoms. The largest absolute Gasteiger partial charge is 0.294 e. The second kappa shape index (κ2) is 6.73. The van der Waals surface area contributed by atoms with Crippen LogP contribution in [0.4, 0.5) is 0 Å². The first-order valence-electron chi connectivity index (χ1n) is 7.37. The van der Waals surface area contributed by atoms with Crippen LogP contribution in [0.25, 0.3) is 0 Å². The molecule has 1 heterocycles. The van der Waals surface area contributed by atoms with Gasteiger partial charge >= 0.3 is 0 Å². The fraction of sp³-hybridized carbons (Fsp3) is 0.588. The highest BCUT2D eigenvalue weighted by Gasteiger charge is 2.30. The third-order valence-electron chi connectivity index (χ3n) is 4.35. The Morgan fingerprint density at radius 1 is 1.16 bits per heavy atom. The number of nitrogens with zero attached hydrogens (tertiary/aromatic N) is 2. The van der Waals surface area contributed by atoms with E-state index in [4.69, 9.17) is 5.26 Å². The Balaban J connectivity index is 1.94. The maximum atomic E-state index is 8.72. The number of likely N-dealkylation sites (tertiary alicyclic amines) is 1. The van der Waals surface area contributed by atoms with Gasteiger partial charge in [-0.3, -0.25) is 4.90 Å². The van der Waals surface area contributed by atoms with Gasteiger partial charge in [-0.15, -0.1) is 0 Å². The average Bonchev–Trinajstić information content (AvgIpc) is 2.42. The van der Waals surface area contributed by atoms with Gasteiger partial charge in [-0.2, -0.15) is 5.26 Å². The average molecular weight is 256 g/mol. The van der Waals surface area contributed by atoms with Gasteiger partial charge in [0.1, 0.15) is 0 Å². The number of benzene rings is 1. The molecule has 19 heavy (non-hydrogen) atoms. The van der Waals surface area contributed by atoms with E-state index in [0.29, 0.717) is 18.5 Å². The lowest BCUT2D eigenvalue weighted by Gasteiger charge is -2.42. The molecule has 0 bridgehead atoms. The molecule has 2 heteroatoms. The molecule has 1 fully saturated rings. The number of hydrogen-bond donors (Lipinski definition) is 0. The van der Waals surface area contributed by atoms with Crippen molar-refractivity contribution in [1.29, 1.82) is 5.26 Å². The van der Waals surface area contributed by atoms with Crippen LogP contribution in [0.3, 0.4) is 0 Å². The molecule has 1 aromatic carbocycles. The molecule has 3 atom stereocenters. The number of rotatable bonds is 4. The van der Waals surface area contributed by atoms with Crippen LogP contribution in [0.2, 0.25) is 0 Å². The third kappa shape index (κ3) is 3.81. The van der Waals surface area contributed by atoms with E-state index in [9.17, 15) is 0 Å². The smallest absolute Gasteiger partial charge is 0.0621 e. The minimum Gasteiger partial charge on any atom is -0.294 e. The first-order valence-corrected chi connectivity index (χ1v) is 7.37. The van der Waals surface area contributed by atoms with Gasteiger partial charge in [0, 0.05) is 25.0 Å². The second-order valence-corrected chi connectivity index (χ2v) is 5.89. The zero-order chi connectivity index (χ0) is 13.7. The molecule has 2 rings (SSSR count).